The Balaban J connectivity index is 1.63. The summed E-state index contributed by atoms with van der Waals surface area (Å²) >= 11 is 5.96. The topological polar surface area (TPSA) is 68.4 Å². The zero-order chi connectivity index (χ0) is 24.1. The van der Waals surface area contributed by atoms with E-state index in [4.69, 9.17) is 11.6 Å². The van der Waals surface area contributed by atoms with Crippen molar-refractivity contribution in [1.82, 2.24) is 9.47 Å². The van der Waals surface area contributed by atoms with E-state index in [1.807, 2.05) is 48.7 Å². The molecule has 6 nitrogen and oxygen atoms in total. The Morgan fingerprint density at radius 2 is 1.68 bits per heavy atom. The number of halogens is 1. The molecule has 4 aromatic rings. The Labute approximate surface area is 203 Å². The quantitative estimate of drug-likeness (QED) is 0.224. The van der Waals surface area contributed by atoms with Crippen molar-refractivity contribution in [3.63, 3.8) is 0 Å². The van der Waals surface area contributed by atoms with Gasteiger partial charge >= 0.3 is 0 Å². The van der Waals surface area contributed by atoms with Crippen molar-refractivity contribution >= 4 is 23.2 Å². The number of aromatic nitrogens is 1. The maximum absolute atomic E-state index is 13.5. The Morgan fingerprint density at radius 1 is 0.941 bits per heavy atom. The van der Waals surface area contributed by atoms with Crippen LogP contribution in [-0.2, 0) is 19.6 Å². The van der Waals surface area contributed by atoms with Gasteiger partial charge in [0.2, 0.25) is 0 Å². The van der Waals surface area contributed by atoms with Gasteiger partial charge in [0, 0.05) is 36.6 Å². The van der Waals surface area contributed by atoms with Crippen LogP contribution in [-0.4, -0.2) is 20.3 Å². The second-order valence-corrected chi connectivity index (χ2v) is 8.59. The molecule has 0 atom stereocenters. The van der Waals surface area contributed by atoms with E-state index in [0.717, 1.165) is 16.8 Å². The van der Waals surface area contributed by atoms with Crippen LogP contribution in [0, 0.1) is 17.0 Å². The van der Waals surface area contributed by atoms with Crippen LogP contribution in [0.15, 0.2) is 91.1 Å². The van der Waals surface area contributed by atoms with Crippen LogP contribution in [0.5, 0.6) is 0 Å². The largest absolute Gasteiger partial charge is 0.345 e. The van der Waals surface area contributed by atoms with Gasteiger partial charge in [-0.3, -0.25) is 14.9 Å². The summed E-state index contributed by atoms with van der Waals surface area (Å²) in [7, 11) is 0. The van der Waals surface area contributed by atoms with E-state index in [2.05, 4.69) is 35.8 Å². The number of rotatable bonds is 8. The lowest BCUT2D eigenvalue weighted by Crippen LogP contribution is -2.31. The molecule has 0 unspecified atom stereocenters. The van der Waals surface area contributed by atoms with E-state index in [1.54, 1.807) is 4.90 Å². The second-order valence-electron chi connectivity index (χ2n) is 8.18. The number of carbonyl (C=O) groups is 1. The fourth-order valence-electron chi connectivity index (χ4n) is 3.80. The third-order valence-electron chi connectivity index (χ3n) is 5.64. The average molecular weight is 474 g/mol. The summed E-state index contributed by atoms with van der Waals surface area (Å²) in [6.45, 7) is 3.45. The maximum atomic E-state index is 13.5. The van der Waals surface area contributed by atoms with Gasteiger partial charge in [0.25, 0.3) is 11.6 Å². The predicted molar refractivity (Wildman–Crippen MR) is 133 cm³/mol. The van der Waals surface area contributed by atoms with Crippen molar-refractivity contribution in [3.05, 3.63) is 134 Å². The summed E-state index contributed by atoms with van der Waals surface area (Å²) in [5.74, 6) is -0.299. The van der Waals surface area contributed by atoms with Crippen LogP contribution < -0.4 is 0 Å². The molecule has 172 valence electrons. The molecule has 0 bridgehead atoms. The second kappa shape index (κ2) is 10.4. The summed E-state index contributed by atoms with van der Waals surface area (Å²) in [4.78, 5) is 26.0. The molecule has 0 aliphatic rings. The average Bonchev–Trinajstić information content (AvgIpc) is 3.27. The first kappa shape index (κ1) is 23.3. The molecule has 1 heterocycles. The Kier molecular flexibility index (Phi) is 7.09. The normalized spacial score (nSPS) is 10.8. The fourth-order valence-corrected chi connectivity index (χ4v) is 3.99. The monoisotopic (exact) mass is 473 g/mol. The molecule has 1 amide bonds. The van der Waals surface area contributed by atoms with Crippen LogP contribution in [0.25, 0.3) is 0 Å². The smallest absolute Gasteiger partial charge is 0.288 e. The molecule has 3 aromatic carbocycles. The minimum Gasteiger partial charge on any atom is -0.345 e. The fraction of sp³-hybridized carbons (Fsp3) is 0.148. The number of nitro groups is 1. The van der Waals surface area contributed by atoms with Crippen molar-refractivity contribution in [2.75, 3.05) is 0 Å². The van der Waals surface area contributed by atoms with Gasteiger partial charge in [-0.25, -0.2) is 0 Å². The molecule has 0 radical (unpaired) electrons. The number of amides is 1. The minimum atomic E-state index is -0.576. The number of carbonyl (C=O) groups excluding carboxylic acids is 1. The van der Waals surface area contributed by atoms with Gasteiger partial charge < -0.3 is 9.47 Å². The van der Waals surface area contributed by atoms with Crippen molar-refractivity contribution in [2.45, 2.75) is 26.6 Å². The van der Waals surface area contributed by atoms with Crippen LogP contribution in [0.1, 0.15) is 32.7 Å². The van der Waals surface area contributed by atoms with Crippen LogP contribution in [0.3, 0.4) is 0 Å². The summed E-state index contributed by atoms with van der Waals surface area (Å²) in [6, 6.07) is 26.1. The van der Waals surface area contributed by atoms with Gasteiger partial charge in [-0.2, -0.15) is 0 Å². The molecule has 0 fully saturated rings. The number of benzene rings is 3. The van der Waals surface area contributed by atoms with Crippen molar-refractivity contribution in [1.29, 1.82) is 0 Å². The van der Waals surface area contributed by atoms with E-state index in [0.29, 0.717) is 19.6 Å². The summed E-state index contributed by atoms with van der Waals surface area (Å²) in [6.07, 6.45) is 1.99. The molecule has 0 spiro atoms. The molecule has 7 heteroatoms. The number of nitrogens with zero attached hydrogens (tertiary/aromatic N) is 3. The first-order chi connectivity index (χ1) is 16.4. The highest BCUT2D eigenvalue weighted by atomic mass is 35.5. The van der Waals surface area contributed by atoms with Crippen LogP contribution >= 0.6 is 11.6 Å². The molecule has 0 N–H and O–H groups in total. The minimum absolute atomic E-state index is 0.00290. The highest BCUT2D eigenvalue weighted by molar-refractivity contribution is 6.32. The van der Waals surface area contributed by atoms with Gasteiger partial charge in [-0.15, -0.1) is 0 Å². The number of nitro benzene ring substituents is 1. The highest BCUT2D eigenvalue weighted by Crippen LogP contribution is 2.26. The summed E-state index contributed by atoms with van der Waals surface area (Å²) in [5, 5.41) is 11.3. The third kappa shape index (κ3) is 5.53. The Bertz CT molecular complexity index is 1300. The molecule has 0 aliphatic carbocycles. The predicted octanol–water partition coefficient (Wildman–Crippen LogP) is 6.25. The maximum Gasteiger partial charge on any atom is 0.288 e. The lowest BCUT2D eigenvalue weighted by Gasteiger charge is -2.24. The molecule has 34 heavy (non-hydrogen) atoms. The van der Waals surface area contributed by atoms with E-state index < -0.39 is 4.92 Å². The van der Waals surface area contributed by atoms with Gasteiger partial charge in [-0.05, 0) is 42.3 Å². The first-order valence-electron chi connectivity index (χ1n) is 10.9. The molecule has 1 aromatic heterocycles. The zero-order valence-corrected chi connectivity index (χ0v) is 19.5. The Morgan fingerprint density at radius 3 is 2.38 bits per heavy atom. The van der Waals surface area contributed by atoms with E-state index in [1.165, 1.54) is 23.8 Å². The molecular formula is C27H24ClN3O3. The molecule has 0 saturated heterocycles. The van der Waals surface area contributed by atoms with Gasteiger partial charge in [-0.1, -0.05) is 71.8 Å². The van der Waals surface area contributed by atoms with Crippen LogP contribution in [0.4, 0.5) is 5.69 Å². The Hall–Kier alpha value is -3.90. The van der Waals surface area contributed by atoms with Gasteiger partial charge in [0.05, 0.1) is 11.5 Å². The van der Waals surface area contributed by atoms with Crippen molar-refractivity contribution in [3.8, 4) is 0 Å². The molecule has 0 aliphatic heterocycles. The standard InChI is InChI=1S/C27H24ClN3O3/c1-20-9-11-22(12-10-20)17-29-15-5-8-24(29)19-30(18-21-6-3-2-4-7-21)27(32)23-13-14-25(28)26(16-23)31(33)34/h2-16H,17-19H2,1H3. The van der Waals surface area contributed by atoms with Crippen LogP contribution in [0.2, 0.25) is 5.02 Å². The molecule has 0 saturated carbocycles. The first-order valence-corrected chi connectivity index (χ1v) is 11.3. The van der Waals surface area contributed by atoms with Gasteiger partial charge in [0.1, 0.15) is 5.02 Å². The lowest BCUT2D eigenvalue weighted by molar-refractivity contribution is -0.384. The third-order valence-corrected chi connectivity index (χ3v) is 5.96. The summed E-state index contributed by atoms with van der Waals surface area (Å²) in [5.41, 5.74) is 4.24. The van der Waals surface area contributed by atoms with Crippen molar-refractivity contribution < 1.29 is 9.72 Å². The number of aryl methyl sites for hydroxylation is 1. The molecular weight excluding hydrogens is 450 g/mol. The zero-order valence-electron chi connectivity index (χ0n) is 18.7. The van der Waals surface area contributed by atoms with E-state index in [9.17, 15) is 14.9 Å². The number of hydrogen-bond donors (Lipinski definition) is 0. The lowest BCUT2D eigenvalue weighted by atomic mass is 10.1. The summed E-state index contributed by atoms with van der Waals surface area (Å²) < 4.78 is 2.11. The van der Waals surface area contributed by atoms with E-state index >= 15 is 0 Å². The molecule has 4 rings (SSSR count). The SMILES string of the molecule is Cc1ccc(Cn2cccc2CN(Cc2ccccc2)C(=O)c2ccc(Cl)c([N+](=O)[O-])c2)cc1. The van der Waals surface area contributed by atoms with Crippen molar-refractivity contribution in [2.24, 2.45) is 0 Å². The van der Waals surface area contributed by atoms with E-state index in [-0.39, 0.29) is 22.2 Å². The highest BCUT2D eigenvalue weighted by Gasteiger charge is 2.22. The van der Waals surface area contributed by atoms with Gasteiger partial charge in [0.15, 0.2) is 0 Å². The number of hydrogen-bond acceptors (Lipinski definition) is 3.